The Morgan fingerprint density at radius 2 is 1.81 bits per heavy atom. The van der Waals surface area contributed by atoms with E-state index < -0.39 is 0 Å². The minimum Gasteiger partial charge on any atom is -0.508 e. The molecular formula is C24H18BrN3O3. The molecule has 3 aromatic carbocycles. The first-order valence-corrected chi connectivity index (χ1v) is 10.2. The standard InChI is InChI=1S/C24H18BrN3O3/c1-31-19-10-11-22-20(12-19)21(13-23(27-22)16-4-6-17(25)7-5-16)24(30)28-26-14-15-2-8-18(29)9-3-15/h2-14,29H,1H3,(H,28,30)/b26-14+. The molecule has 154 valence electrons. The predicted octanol–water partition coefficient (Wildman–Crippen LogP) is 5.14. The molecule has 0 saturated heterocycles. The number of pyridine rings is 1. The Balaban J connectivity index is 1.71. The molecular weight excluding hydrogens is 458 g/mol. The summed E-state index contributed by atoms with van der Waals surface area (Å²) in [6, 6.07) is 21.4. The van der Waals surface area contributed by atoms with Gasteiger partial charge in [-0.3, -0.25) is 4.79 Å². The molecule has 0 saturated carbocycles. The summed E-state index contributed by atoms with van der Waals surface area (Å²) in [5.41, 5.74) is 6.00. The molecule has 1 aromatic heterocycles. The van der Waals surface area contributed by atoms with Crippen molar-refractivity contribution in [3.63, 3.8) is 0 Å². The molecule has 4 aromatic rings. The minimum absolute atomic E-state index is 0.166. The summed E-state index contributed by atoms with van der Waals surface area (Å²) in [7, 11) is 1.58. The van der Waals surface area contributed by atoms with Crippen LogP contribution in [0, 0.1) is 0 Å². The van der Waals surface area contributed by atoms with Gasteiger partial charge in [-0.15, -0.1) is 0 Å². The lowest BCUT2D eigenvalue weighted by atomic mass is 10.0. The highest BCUT2D eigenvalue weighted by molar-refractivity contribution is 9.10. The van der Waals surface area contributed by atoms with Crippen molar-refractivity contribution in [1.29, 1.82) is 0 Å². The number of hydrogen-bond donors (Lipinski definition) is 2. The van der Waals surface area contributed by atoms with Gasteiger partial charge in [0.2, 0.25) is 0 Å². The van der Waals surface area contributed by atoms with Crippen molar-refractivity contribution in [3.05, 3.63) is 88.4 Å². The maximum absolute atomic E-state index is 13.0. The highest BCUT2D eigenvalue weighted by Crippen LogP contribution is 2.28. The number of carbonyl (C=O) groups excluding carboxylic acids is 1. The summed E-state index contributed by atoms with van der Waals surface area (Å²) < 4.78 is 6.28. The smallest absolute Gasteiger partial charge is 0.272 e. The molecule has 0 aliphatic heterocycles. The zero-order chi connectivity index (χ0) is 21.8. The van der Waals surface area contributed by atoms with E-state index in [4.69, 9.17) is 9.72 Å². The molecule has 0 atom stereocenters. The van der Waals surface area contributed by atoms with Crippen LogP contribution in [0.2, 0.25) is 0 Å². The Bertz CT molecular complexity index is 1270. The Labute approximate surface area is 187 Å². The summed E-state index contributed by atoms with van der Waals surface area (Å²) in [4.78, 5) is 17.7. The van der Waals surface area contributed by atoms with Crippen molar-refractivity contribution in [1.82, 2.24) is 10.4 Å². The summed E-state index contributed by atoms with van der Waals surface area (Å²) >= 11 is 3.43. The molecule has 7 heteroatoms. The number of amides is 1. The van der Waals surface area contributed by atoms with Crippen molar-refractivity contribution in [2.24, 2.45) is 5.10 Å². The molecule has 0 aliphatic carbocycles. The van der Waals surface area contributed by atoms with Crippen LogP contribution in [-0.2, 0) is 0 Å². The minimum atomic E-state index is -0.367. The average molecular weight is 476 g/mol. The highest BCUT2D eigenvalue weighted by atomic mass is 79.9. The number of rotatable bonds is 5. The lowest BCUT2D eigenvalue weighted by Gasteiger charge is -2.10. The maximum atomic E-state index is 13.0. The van der Waals surface area contributed by atoms with Crippen molar-refractivity contribution in [3.8, 4) is 22.8 Å². The number of hydrazone groups is 1. The number of hydrogen-bond acceptors (Lipinski definition) is 5. The van der Waals surface area contributed by atoms with Crippen LogP contribution in [0.15, 0.2) is 82.4 Å². The third kappa shape index (κ3) is 4.73. The van der Waals surface area contributed by atoms with Crippen molar-refractivity contribution < 1.29 is 14.6 Å². The summed E-state index contributed by atoms with van der Waals surface area (Å²) in [6.07, 6.45) is 1.51. The molecule has 31 heavy (non-hydrogen) atoms. The zero-order valence-electron chi connectivity index (χ0n) is 16.5. The third-order valence-corrected chi connectivity index (χ3v) is 5.20. The quantitative estimate of drug-likeness (QED) is 0.309. The highest BCUT2D eigenvalue weighted by Gasteiger charge is 2.15. The van der Waals surface area contributed by atoms with Crippen LogP contribution in [0.3, 0.4) is 0 Å². The van der Waals surface area contributed by atoms with Gasteiger partial charge in [0.15, 0.2) is 0 Å². The van der Waals surface area contributed by atoms with E-state index in [-0.39, 0.29) is 11.7 Å². The van der Waals surface area contributed by atoms with Crippen molar-refractivity contribution in [2.45, 2.75) is 0 Å². The second kappa shape index (κ2) is 8.97. The van der Waals surface area contributed by atoms with Gasteiger partial charge in [0.1, 0.15) is 11.5 Å². The number of carbonyl (C=O) groups is 1. The normalized spacial score (nSPS) is 11.0. The number of benzene rings is 3. The number of fused-ring (bicyclic) bond motifs is 1. The van der Waals surface area contributed by atoms with E-state index in [2.05, 4.69) is 26.5 Å². The first-order valence-electron chi connectivity index (χ1n) is 9.40. The maximum Gasteiger partial charge on any atom is 0.272 e. The van der Waals surface area contributed by atoms with Crippen LogP contribution in [0.1, 0.15) is 15.9 Å². The summed E-state index contributed by atoms with van der Waals surface area (Å²) in [5, 5.41) is 14.1. The molecule has 1 heterocycles. The van der Waals surface area contributed by atoms with Crippen LogP contribution in [0.5, 0.6) is 11.5 Å². The number of phenolic OH excluding ortho intramolecular Hbond substituents is 1. The summed E-state index contributed by atoms with van der Waals surface area (Å²) in [5.74, 6) is 0.431. The molecule has 0 radical (unpaired) electrons. The van der Waals surface area contributed by atoms with Crippen LogP contribution in [0.25, 0.3) is 22.2 Å². The van der Waals surface area contributed by atoms with E-state index >= 15 is 0 Å². The predicted molar refractivity (Wildman–Crippen MR) is 125 cm³/mol. The Kier molecular flexibility index (Phi) is 5.95. The van der Waals surface area contributed by atoms with E-state index in [0.717, 1.165) is 15.6 Å². The number of aromatic nitrogens is 1. The van der Waals surface area contributed by atoms with E-state index in [0.29, 0.717) is 27.9 Å². The van der Waals surface area contributed by atoms with Crippen LogP contribution in [0.4, 0.5) is 0 Å². The third-order valence-electron chi connectivity index (χ3n) is 4.67. The average Bonchev–Trinajstić information content (AvgIpc) is 2.79. The Hall–Kier alpha value is -3.71. The molecule has 1 amide bonds. The van der Waals surface area contributed by atoms with Gasteiger partial charge in [0.25, 0.3) is 5.91 Å². The fourth-order valence-corrected chi connectivity index (χ4v) is 3.34. The number of nitrogens with zero attached hydrogens (tertiary/aromatic N) is 2. The number of halogens is 1. The lowest BCUT2D eigenvalue weighted by molar-refractivity contribution is 0.0956. The van der Waals surface area contributed by atoms with Gasteiger partial charge in [-0.2, -0.15) is 5.10 Å². The fraction of sp³-hybridized carbons (Fsp3) is 0.0417. The SMILES string of the molecule is COc1ccc2nc(-c3ccc(Br)cc3)cc(C(=O)N/N=C/c3ccc(O)cc3)c2c1. The van der Waals surface area contributed by atoms with Crippen LogP contribution in [-0.4, -0.2) is 29.3 Å². The largest absolute Gasteiger partial charge is 0.508 e. The molecule has 0 spiro atoms. The molecule has 6 nitrogen and oxygen atoms in total. The topological polar surface area (TPSA) is 83.8 Å². The molecule has 0 unspecified atom stereocenters. The van der Waals surface area contributed by atoms with E-state index in [1.165, 1.54) is 6.21 Å². The summed E-state index contributed by atoms with van der Waals surface area (Å²) in [6.45, 7) is 0. The molecule has 0 aliphatic rings. The van der Waals surface area contributed by atoms with Crippen molar-refractivity contribution in [2.75, 3.05) is 7.11 Å². The molecule has 2 N–H and O–H groups in total. The van der Waals surface area contributed by atoms with Gasteiger partial charge in [-0.05, 0) is 66.2 Å². The van der Waals surface area contributed by atoms with Gasteiger partial charge in [0.05, 0.1) is 30.1 Å². The lowest BCUT2D eigenvalue weighted by Crippen LogP contribution is -2.18. The fourth-order valence-electron chi connectivity index (χ4n) is 3.07. The first-order chi connectivity index (χ1) is 15.0. The second-order valence-electron chi connectivity index (χ2n) is 6.74. The number of nitrogens with one attached hydrogen (secondary N) is 1. The second-order valence-corrected chi connectivity index (χ2v) is 7.65. The molecule has 0 bridgehead atoms. The van der Waals surface area contributed by atoms with E-state index in [9.17, 15) is 9.90 Å². The van der Waals surface area contributed by atoms with Gasteiger partial charge in [-0.25, -0.2) is 10.4 Å². The number of methoxy groups -OCH3 is 1. The van der Waals surface area contributed by atoms with Gasteiger partial charge >= 0.3 is 0 Å². The van der Waals surface area contributed by atoms with Gasteiger partial charge in [-0.1, -0.05) is 28.1 Å². The van der Waals surface area contributed by atoms with Gasteiger partial charge in [0, 0.05) is 15.4 Å². The van der Waals surface area contributed by atoms with E-state index in [1.54, 1.807) is 43.5 Å². The van der Waals surface area contributed by atoms with Crippen molar-refractivity contribution >= 4 is 39.0 Å². The monoisotopic (exact) mass is 475 g/mol. The number of aromatic hydroxyl groups is 1. The number of ether oxygens (including phenoxy) is 1. The Morgan fingerprint density at radius 3 is 2.52 bits per heavy atom. The van der Waals surface area contributed by atoms with Crippen LogP contribution >= 0.6 is 15.9 Å². The zero-order valence-corrected chi connectivity index (χ0v) is 18.1. The van der Waals surface area contributed by atoms with E-state index in [1.807, 2.05) is 36.4 Å². The number of phenols is 1. The molecule has 0 fully saturated rings. The Morgan fingerprint density at radius 1 is 1.06 bits per heavy atom. The van der Waals surface area contributed by atoms with Crippen LogP contribution < -0.4 is 10.2 Å². The molecule has 4 rings (SSSR count). The first kappa shape index (κ1) is 20.6. The van der Waals surface area contributed by atoms with Gasteiger partial charge < -0.3 is 9.84 Å².